The van der Waals surface area contributed by atoms with Gasteiger partial charge in [0.15, 0.2) is 0 Å². The van der Waals surface area contributed by atoms with Gasteiger partial charge in [-0.15, -0.1) is 0 Å². The number of rotatable bonds is 6. The predicted molar refractivity (Wildman–Crippen MR) is 46.5 cm³/mol. The summed E-state index contributed by atoms with van der Waals surface area (Å²) in [5, 5.41) is 12.0. The van der Waals surface area contributed by atoms with E-state index in [9.17, 15) is 0 Å². The molecule has 1 fully saturated rings. The molecular weight excluding hydrogens is 138 g/mol. The Morgan fingerprint density at radius 3 is 3.00 bits per heavy atom. The van der Waals surface area contributed by atoms with E-state index >= 15 is 0 Å². The Hall–Kier alpha value is -0.0800. The van der Waals surface area contributed by atoms with Crippen molar-refractivity contribution in [2.45, 2.75) is 38.6 Å². The van der Waals surface area contributed by atoms with Crippen LogP contribution in [0.1, 0.15) is 32.6 Å². The van der Waals surface area contributed by atoms with E-state index < -0.39 is 0 Å². The summed E-state index contributed by atoms with van der Waals surface area (Å²) in [4.78, 5) is 0. The fourth-order valence-corrected chi connectivity index (χ4v) is 1.55. The molecule has 0 radical (unpaired) electrons. The lowest BCUT2D eigenvalue weighted by Gasteiger charge is -2.00. The van der Waals surface area contributed by atoms with Crippen LogP contribution in [0.4, 0.5) is 0 Å². The zero-order chi connectivity index (χ0) is 8.10. The van der Waals surface area contributed by atoms with E-state index in [2.05, 4.69) is 12.2 Å². The Morgan fingerprint density at radius 2 is 2.36 bits per heavy atom. The molecule has 11 heavy (non-hydrogen) atoms. The Morgan fingerprint density at radius 1 is 1.55 bits per heavy atom. The van der Waals surface area contributed by atoms with Crippen LogP contribution in [0.15, 0.2) is 0 Å². The highest BCUT2D eigenvalue weighted by Gasteiger charge is 2.34. The molecule has 0 aromatic carbocycles. The first-order valence-corrected chi connectivity index (χ1v) is 4.72. The summed E-state index contributed by atoms with van der Waals surface area (Å²) in [6, 6.07) is 0.779. The monoisotopic (exact) mass is 157 g/mol. The van der Waals surface area contributed by atoms with Crippen LogP contribution in [-0.4, -0.2) is 24.3 Å². The van der Waals surface area contributed by atoms with E-state index in [0.29, 0.717) is 6.61 Å². The number of hydrogen-bond acceptors (Lipinski definition) is 2. The van der Waals surface area contributed by atoms with Gasteiger partial charge in [-0.3, -0.25) is 0 Å². The molecule has 1 saturated carbocycles. The molecule has 0 saturated heterocycles. The van der Waals surface area contributed by atoms with Gasteiger partial charge in [0.05, 0.1) is 0 Å². The van der Waals surface area contributed by atoms with Gasteiger partial charge in [-0.25, -0.2) is 0 Å². The van der Waals surface area contributed by atoms with E-state index in [1.807, 2.05) is 0 Å². The SMILES string of the molecule is CCCC1CC1NCCCO. The van der Waals surface area contributed by atoms with Crippen molar-refractivity contribution in [3.63, 3.8) is 0 Å². The van der Waals surface area contributed by atoms with Crippen LogP contribution in [0, 0.1) is 5.92 Å². The lowest BCUT2D eigenvalue weighted by molar-refractivity contribution is 0.285. The van der Waals surface area contributed by atoms with Crippen LogP contribution < -0.4 is 5.32 Å². The lowest BCUT2D eigenvalue weighted by Crippen LogP contribution is -2.20. The van der Waals surface area contributed by atoms with E-state index in [-0.39, 0.29) is 0 Å². The van der Waals surface area contributed by atoms with Gasteiger partial charge in [0.2, 0.25) is 0 Å². The molecular formula is C9H19NO. The van der Waals surface area contributed by atoms with Crippen molar-refractivity contribution in [1.82, 2.24) is 5.32 Å². The summed E-state index contributed by atoms with van der Waals surface area (Å²) in [5.41, 5.74) is 0. The third kappa shape index (κ3) is 3.21. The van der Waals surface area contributed by atoms with Crippen molar-refractivity contribution in [2.75, 3.05) is 13.2 Å². The molecule has 0 amide bonds. The fraction of sp³-hybridized carbons (Fsp3) is 1.00. The molecule has 1 aliphatic carbocycles. The van der Waals surface area contributed by atoms with Gasteiger partial charge in [-0.1, -0.05) is 13.3 Å². The first-order chi connectivity index (χ1) is 5.38. The van der Waals surface area contributed by atoms with Gasteiger partial charge in [0.1, 0.15) is 0 Å². The van der Waals surface area contributed by atoms with Crippen molar-refractivity contribution < 1.29 is 5.11 Å². The van der Waals surface area contributed by atoms with Crippen molar-refractivity contribution in [2.24, 2.45) is 5.92 Å². The van der Waals surface area contributed by atoms with Crippen LogP contribution >= 0.6 is 0 Å². The number of aliphatic hydroxyl groups is 1. The number of nitrogens with one attached hydrogen (secondary N) is 1. The quantitative estimate of drug-likeness (QED) is 0.567. The summed E-state index contributed by atoms with van der Waals surface area (Å²) in [7, 11) is 0. The molecule has 2 atom stereocenters. The third-order valence-corrected chi connectivity index (χ3v) is 2.32. The molecule has 0 heterocycles. The van der Waals surface area contributed by atoms with Crippen LogP contribution in [-0.2, 0) is 0 Å². The molecule has 2 N–H and O–H groups in total. The summed E-state index contributed by atoms with van der Waals surface area (Å²) in [6.07, 6.45) is 4.94. The molecule has 66 valence electrons. The average Bonchev–Trinajstić information content (AvgIpc) is 2.70. The van der Waals surface area contributed by atoms with Crippen LogP contribution in [0.25, 0.3) is 0 Å². The van der Waals surface area contributed by atoms with E-state index in [1.54, 1.807) is 0 Å². The largest absolute Gasteiger partial charge is 0.396 e. The van der Waals surface area contributed by atoms with Gasteiger partial charge in [0, 0.05) is 12.6 Å². The van der Waals surface area contributed by atoms with Gasteiger partial charge in [0.25, 0.3) is 0 Å². The highest BCUT2D eigenvalue weighted by Crippen LogP contribution is 2.34. The van der Waals surface area contributed by atoms with Crippen LogP contribution in [0.5, 0.6) is 0 Å². The zero-order valence-electron chi connectivity index (χ0n) is 7.34. The molecule has 1 aliphatic rings. The van der Waals surface area contributed by atoms with Gasteiger partial charge in [-0.2, -0.15) is 0 Å². The van der Waals surface area contributed by atoms with Crippen LogP contribution in [0.3, 0.4) is 0 Å². The van der Waals surface area contributed by atoms with E-state index in [0.717, 1.165) is 24.9 Å². The van der Waals surface area contributed by atoms with Crippen molar-refractivity contribution >= 4 is 0 Å². The van der Waals surface area contributed by atoms with Crippen molar-refractivity contribution in [1.29, 1.82) is 0 Å². The lowest BCUT2D eigenvalue weighted by atomic mass is 10.2. The number of aliphatic hydroxyl groups excluding tert-OH is 1. The van der Waals surface area contributed by atoms with Gasteiger partial charge < -0.3 is 10.4 Å². The maximum absolute atomic E-state index is 8.53. The summed E-state index contributed by atoms with van der Waals surface area (Å²) < 4.78 is 0. The second-order valence-electron chi connectivity index (χ2n) is 3.42. The van der Waals surface area contributed by atoms with Crippen molar-refractivity contribution in [3.8, 4) is 0 Å². The molecule has 2 unspecified atom stereocenters. The smallest absolute Gasteiger partial charge is 0.0443 e. The fourth-order valence-electron chi connectivity index (χ4n) is 1.55. The molecule has 0 spiro atoms. The number of hydrogen-bond donors (Lipinski definition) is 2. The zero-order valence-corrected chi connectivity index (χ0v) is 7.34. The molecule has 2 heteroatoms. The summed E-state index contributed by atoms with van der Waals surface area (Å²) in [6.45, 7) is 3.54. The highest BCUT2D eigenvalue weighted by atomic mass is 16.3. The molecule has 0 aromatic rings. The molecule has 0 bridgehead atoms. The Bertz CT molecular complexity index is 106. The molecule has 2 nitrogen and oxygen atoms in total. The second-order valence-corrected chi connectivity index (χ2v) is 3.42. The summed E-state index contributed by atoms with van der Waals surface area (Å²) in [5.74, 6) is 0.943. The Balaban J connectivity index is 1.87. The van der Waals surface area contributed by atoms with Gasteiger partial charge >= 0.3 is 0 Å². The normalized spacial score (nSPS) is 28.9. The maximum Gasteiger partial charge on any atom is 0.0443 e. The van der Waals surface area contributed by atoms with Crippen LogP contribution in [0.2, 0.25) is 0 Å². The minimum Gasteiger partial charge on any atom is -0.396 e. The average molecular weight is 157 g/mol. The van der Waals surface area contributed by atoms with Crippen molar-refractivity contribution in [3.05, 3.63) is 0 Å². The summed E-state index contributed by atoms with van der Waals surface area (Å²) >= 11 is 0. The third-order valence-electron chi connectivity index (χ3n) is 2.32. The highest BCUT2D eigenvalue weighted by molar-refractivity contribution is 4.92. The van der Waals surface area contributed by atoms with E-state index in [4.69, 9.17) is 5.11 Å². The minimum absolute atomic E-state index is 0.318. The molecule has 1 rings (SSSR count). The Kier molecular flexibility index (Phi) is 3.87. The Labute approximate surface area is 69.0 Å². The molecule has 0 aromatic heterocycles. The second kappa shape index (κ2) is 4.73. The van der Waals surface area contributed by atoms with Gasteiger partial charge in [-0.05, 0) is 31.7 Å². The molecule has 0 aliphatic heterocycles. The minimum atomic E-state index is 0.318. The first kappa shape index (κ1) is 9.01. The topological polar surface area (TPSA) is 32.3 Å². The first-order valence-electron chi connectivity index (χ1n) is 4.72. The maximum atomic E-state index is 8.53. The predicted octanol–water partition coefficient (Wildman–Crippen LogP) is 1.15. The van der Waals surface area contributed by atoms with E-state index in [1.165, 1.54) is 19.3 Å². The standard InChI is InChI=1S/C9H19NO/c1-2-4-8-7-9(8)10-5-3-6-11/h8-11H,2-7H2,1H3.